The molecule has 3 aromatic carbocycles. The number of nitrogens with zero attached hydrogens (tertiary/aromatic N) is 1. The van der Waals surface area contributed by atoms with Crippen LogP contribution in [0.2, 0.25) is 0 Å². The third-order valence-corrected chi connectivity index (χ3v) is 7.55. The molecule has 0 radical (unpaired) electrons. The highest BCUT2D eigenvalue weighted by molar-refractivity contribution is 7.92. The molecule has 0 aromatic heterocycles. The fraction of sp³-hybridized carbons (Fsp3) is 0.269. The average molecular weight is 481 g/mol. The molecule has 1 atom stereocenters. The molecule has 1 amide bonds. The van der Waals surface area contributed by atoms with Gasteiger partial charge < -0.3 is 14.8 Å². The summed E-state index contributed by atoms with van der Waals surface area (Å²) in [5.74, 6) is 0.692. The van der Waals surface area contributed by atoms with Gasteiger partial charge in [0, 0.05) is 0 Å². The first-order valence-electron chi connectivity index (χ1n) is 11.1. The van der Waals surface area contributed by atoms with E-state index in [-0.39, 0.29) is 24.6 Å². The predicted octanol–water partition coefficient (Wildman–Crippen LogP) is 3.76. The van der Waals surface area contributed by atoms with Crippen LogP contribution in [0, 0.1) is 20.8 Å². The molecule has 178 valence electrons. The minimum absolute atomic E-state index is 0.128. The molecule has 1 aliphatic heterocycles. The lowest BCUT2D eigenvalue weighted by atomic mass is 10.1. The van der Waals surface area contributed by atoms with E-state index in [0.29, 0.717) is 11.4 Å². The maximum absolute atomic E-state index is 13.4. The molecular weight excluding hydrogens is 452 g/mol. The molecule has 7 nitrogen and oxygen atoms in total. The van der Waals surface area contributed by atoms with Crippen LogP contribution in [0.4, 0.5) is 5.69 Å². The molecule has 1 heterocycles. The Morgan fingerprint density at radius 2 is 1.79 bits per heavy atom. The second kappa shape index (κ2) is 9.77. The first-order chi connectivity index (χ1) is 16.3. The van der Waals surface area contributed by atoms with Crippen molar-refractivity contribution in [1.29, 1.82) is 0 Å². The van der Waals surface area contributed by atoms with Crippen LogP contribution in [-0.2, 0) is 14.8 Å². The number of amides is 1. The number of aryl methyl sites for hydroxylation is 3. The molecule has 1 N–H and O–H groups in total. The number of sulfonamides is 1. The second-order valence-electron chi connectivity index (χ2n) is 8.31. The molecule has 0 bridgehead atoms. The zero-order chi connectivity index (χ0) is 24.3. The minimum atomic E-state index is -3.87. The summed E-state index contributed by atoms with van der Waals surface area (Å²) in [5, 5.41) is 2.80. The molecule has 0 saturated heterocycles. The Labute approximate surface area is 200 Å². The zero-order valence-electron chi connectivity index (χ0n) is 19.4. The van der Waals surface area contributed by atoms with Crippen LogP contribution < -0.4 is 19.1 Å². The zero-order valence-corrected chi connectivity index (χ0v) is 20.3. The lowest BCUT2D eigenvalue weighted by Crippen LogP contribution is -2.51. The number of carbonyl (C=O) groups is 1. The quantitative estimate of drug-likeness (QED) is 0.521. The van der Waals surface area contributed by atoms with Gasteiger partial charge in [-0.3, -0.25) is 9.10 Å². The number of benzene rings is 3. The summed E-state index contributed by atoms with van der Waals surface area (Å²) < 4.78 is 39.7. The van der Waals surface area contributed by atoms with Crippen LogP contribution in [0.15, 0.2) is 71.6 Å². The van der Waals surface area contributed by atoms with E-state index in [2.05, 4.69) is 5.32 Å². The Morgan fingerprint density at radius 3 is 2.53 bits per heavy atom. The van der Waals surface area contributed by atoms with Crippen molar-refractivity contribution < 1.29 is 22.7 Å². The average Bonchev–Trinajstić information content (AvgIpc) is 2.83. The third-order valence-electron chi connectivity index (χ3n) is 5.76. The van der Waals surface area contributed by atoms with E-state index in [0.717, 1.165) is 16.9 Å². The van der Waals surface area contributed by atoms with Gasteiger partial charge in [0.25, 0.3) is 15.9 Å². The Morgan fingerprint density at radius 1 is 1.03 bits per heavy atom. The number of ether oxygens (including phenoxy) is 2. The highest BCUT2D eigenvalue weighted by Gasteiger charge is 2.37. The Bertz CT molecular complexity index is 1290. The number of anilines is 1. The van der Waals surface area contributed by atoms with E-state index < -0.39 is 22.0 Å². The van der Waals surface area contributed by atoms with E-state index in [1.807, 2.05) is 45.0 Å². The first kappa shape index (κ1) is 23.6. The Kier molecular flexibility index (Phi) is 6.79. The summed E-state index contributed by atoms with van der Waals surface area (Å²) in [6.07, 6.45) is -0.991. The summed E-state index contributed by atoms with van der Waals surface area (Å²) >= 11 is 0. The van der Waals surface area contributed by atoms with Crippen molar-refractivity contribution in [2.24, 2.45) is 0 Å². The smallest absolute Gasteiger partial charge is 0.264 e. The van der Waals surface area contributed by atoms with Crippen LogP contribution in [0.5, 0.6) is 11.5 Å². The third kappa shape index (κ3) is 5.02. The molecule has 1 aliphatic rings. The van der Waals surface area contributed by atoms with E-state index in [4.69, 9.17) is 9.47 Å². The van der Waals surface area contributed by atoms with Gasteiger partial charge in [-0.15, -0.1) is 0 Å². The topological polar surface area (TPSA) is 84.9 Å². The molecule has 0 unspecified atom stereocenters. The molecule has 4 rings (SSSR count). The van der Waals surface area contributed by atoms with Crippen molar-refractivity contribution in [3.8, 4) is 11.5 Å². The van der Waals surface area contributed by atoms with Crippen LogP contribution in [0.1, 0.15) is 16.7 Å². The molecule has 3 aromatic rings. The van der Waals surface area contributed by atoms with Crippen molar-refractivity contribution in [3.63, 3.8) is 0 Å². The van der Waals surface area contributed by atoms with Crippen molar-refractivity contribution >= 4 is 21.6 Å². The van der Waals surface area contributed by atoms with Crippen LogP contribution >= 0.6 is 0 Å². The van der Waals surface area contributed by atoms with Crippen molar-refractivity contribution in [2.75, 3.05) is 24.0 Å². The standard InChI is InChI=1S/C26H28N2O5S/c1-18-9-12-23-24(15-18)33-25(17-28(23)34(30,31)22-7-5-4-6-8-22)26(29)27-13-14-32-21-11-10-19(2)20(3)16-21/h4-12,15-16,25H,13-14,17H2,1-3H3,(H,27,29)/t25-/m0/s1. The van der Waals surface area contributed by atoms with Gasteiger partial charge in [-0.05, 0) is 73.9 Å². The van der Waals surface area contributed by atoms with Crippen molar-refractivity contribution in [2.45, 2.75) is 31.8 Å². The molecule has 0 fully saturated rings. The summed E-state index contributed by atoms with van der Waals surface area (Å²) in [4.78, 5) is 13.1. The summed E-state index contributed by atoms with van der Waals surface area (Å²) in [6.45, 7) is 6.34. The molecule has 0 spiro atoms. The second-order valence-corrected chi connectivity index (χ2v) is 10.2. The van der Waals surface area contributed by atoms with Gasteiger partial charge in [0.05, 0.1) is 23.7 Å². The monoisotopic (exact) mass is 480 g/mol. The van der Waals surface area contributed by atoms with E-state index in [1.165, 1.54) is 22.0 Å². The van der Waals surface area contributed by atoms with Crippen LogP contribution in [-0.4, -0.2) is 40.1 Å². The van der Waals surface area contributed by atoms with Crippen molar-refractivity contribution in [3.05, 3.63) is 83.4 Å². The fourth-order valence-electron chi connectivity index (χ4n) is 3.71. The van der Waals surface area contributed by atoms with Gasteiger partial charge in [-0.1, -0.05) is 30.3 Å². The lowest BCUT2D eigenvalue weighted by Gasteiger charge is -2.35. The highest BCUT2D eigenvalue weighted by atomic mass is 32.2. The molecule has 0 aliphatic carbocycles. The van der Waals surface area contributed by atoms with E-state index >= 15 is 0 Å². The Balaban J connectivity index is 1.47. The maximum atomic E-state index is 13.4. The summed E-state index contributed by atoms with van der Waals surface area (Å²) in [7, 11) is -3.87. The van der Waals surface area contributed by atoms with Crippen LogP contribution in [0.3, 0.4) is 0 Å². The first-order valence-corrected chi connectivity index (χ1v) is 12.5. The molecule has 8 heteroatoms. The largest absolute Gasteiger partial charge is 0.492 e. The van der Waals surface area contributed by atoms with E-state index in [9.17, 15) is 13.2 Å². The fourth-order valence-corrected chi connectivity index (χ4v) is 5.20. The maximum Gasteiger partial charge on any atom is 0.264 e. The predicted molar refractivity (Wildman–Crippen MR) is 131 cm³/mol. The van der Waals surface area contributed by atoms with Gasteiger partial charge in [0.15, 0.2) is 6.10 Å². The summed E-state index contributed by atoms with van der Waals surface area (Å²) in [6, 6.07) is 19.3. The SMILES string of the molecule is Cc1ccc2c(c1)O[C@H](C(=O)NCCOc1ccc(C)c(C)c1)CN2S(=O)(=O)c1ccccc1. The number of carbonyl (C=O) groups excluding carboxylic acids is 1. The number of rotatable bonds is 7. The van der Waals surface area contributed by atoms with Gasteiger partial charge in [0.1, 0.15) is 18.1 Å². The van der Waals surface area contributed by atoms with Crippen LogP contribution in [0.25, 0.3) is 0 Å². The number of fused-ring (bicyclic) bond motifs is 1. The van der Waals surface area contributed by atoms with Gasteiger partial charge in [-0.2, -0.15) is 0 Å². The van der Waals surface area contributed by atoms with Gasteiger partial charge in [-0.25, -0.2) is 8.42 Å². The number of nitrogens with one attached hydrogen (secondary N) is 1. The number of hydrogen-bond acceptors (Lipinski definition) is 5. The highest BCUT2D eigenvalue weighted by Crippen LogP contribution is 2.37. The lowest BCUT2D eigenvalue weighted by molar-refractivity contribution is -0.127. The van der Waals surface area contributed by atoms with Gasteiger partial charge >= 0.3 is 0 Å². The molecule has 0 saturated carbocycles. The minimum Gasteiger partial charge on any atom is -0.492 e. The van der Waals surface area contributed by atoms with Crippen molar-refractivity contribution in [1.82, 2.24) is 5.32 Å². The molecular formula is C26H28N2O5S. The van der Waals surface area contributed by atoms with E-state index in [1.54, 1.807) is 30.3 Å². The molecule has 34 heavy (non-hydrogen) atoms. The summed E-state index contributed by atoms with van der Waals surface area (Å²) in [5.41, 5.74) is 3.63. The Hall–Kier alpha value is -3.52. The normalized spacial score (nSPS) is 15.3. The number of hydrogen-bond donors (Lipinski definition) is 1. The van der Waals surface area contributed by atoms with Gasteiger partial charge in [0.2, 0.25) is 0 Å².